The summed E-state index contributed by atoms with van der Waals surface area (Å²) >= 11 is 0. The maximum absolute atomic E-state index is 9.70. The highest BCUT2D eigenvalue weighted by atomic mass is 16.4. The van der Waals surface area contributed by atoms with Crippen molar-refractivity contribution in [3.63, 3.8) is 0 Å². The van der Waals surface area contributed by atoms with E-state index >= 15 is 0 Å². The molecule has 0 saturated carbocycles. The van der Waals surface area contributed by atoms with Crippen LogP contribution in [0.4, 0.5) is 0 Å². The Bertz CT molecular complexity index is 197. The van der Waals surface area contributed by atoms with E-state index in [1.807, 2.05) is 20.8 Å². The zero-order valence-electron chi connectivity index (χ0n) is 11.2. The zero-order valence-corrected chi connectivity index (χ0v) is 11.2. The van der Waals surface area contributed by atoms with Crippen LogP contribution in [-0.4, -0.2) is 33.5 Å². The molecule has 2 atom stereocenters. The summed E-state index contributed by atoms with van der Waals surface area (Å²) in [5, 5.41) is 26.5. The van der Waals surface area contributed by atoms with Crippen LogP contribution in [0.2, 0.25) is 0 Å². The van der Waals surface area contributed by atoms with E-state index in [-0.39, 0.29) is 24.4 Å². The second-order valence-electron chi connectivity index (χ2n) is 4.96. The fraction of sp³-hybridized carbons (Fsp3) is 0.917. The summed E-state index contributed by atoms with van der Waals surface area (Å²) < 4.78 is 0. The van der Waals surface area contributed by atoms with E-state index in [4.69, 9.17) is 10.2 Å². The Balaban J connectivity index is 0. The Kier molecular flexibility index (Phi) is 8.47. The number of aliphatic hydroxyl groups is 2. The van der Waals surface area contributed by atoms with Gasteiger partial charge in [0.15, 0.2) is 0 Å². The molecule has 0 spiro atoms. The highest BCUT2D eigenvalue weighted by Gasteiger charge is 2.30. The summed E-state index contributed by atoms with van der Waals surface area (Å²) in [5.41, 5.74) is -0.741. The maximum Gasteiger partial charge on any atom is 0.305 e. The normalized spacial score (nSPS) is 16.4. The van der Waals surface area contributed by atoms with Crippen LogP contribution in [0.1, 0.15) is 41.5 Å². The molecule has 3 N–H and O–H groups in total. The molecule has 16 heavy (non-hydrogen) atoms. The molecule has 0 saturated heterocycles. The minimum atomic E-state index is -0.741. The molecule has 98 valence electrons. The van der Waals surface area contributed by atoms with Gasteiger partial charge in [0.1, 0.15) is 0 Å². The van der Waals surface area contributed by atoms with Crippen molar-refractivity contribution in [2.75, 3.05) is 6.61 Å². The molecule has 0 radical (unpaired) electrons. The number of aliphatic hydroxyl groups excluding tert-OH is 1. The lowest BCUT2D eigenvalue weighted by molar-refractivity contribution is -0.140. The molecule has 2 unspecified atom stereocenters. The second kappa shape index (κ2) is 7.63. The average molecular weight is 234 g/mol. The van der Waals surface area contributed by atoms with Crippen molar-refractivity contribution in [1.29, 1.82) is 0 Å². The number of hydrogen-bond donors (Lipinski definition) is 3. The first-order valence-electron chi connectivity index (χ1n) is 5.63. The van der Waals surface area contributed by atoms with Gasteiger partial charge in [-0.1, -0.05) is 34.6 Å². The Hall–Kier alpha value is -0.610. The van der Waals surface area contributed by atoms with Gasteiger partial charge in [0.25, 0.3) is 0 Å². The molecule has 0 bridgehead atoms. The molecule has 0 aliphatic rings. The van der Waals surface area contributed by atoms with E-state index in [2.05, 4.69) is 0 Å². The van der Waals surface area contributed by atoms with Gasteiger partial charge in [0, 0.05) is 12.5 Å². The molecule has 0 aliphatic carbocycles. The molecule has 4 nitrogen and oxygen atoms in total. The van der Waals surface area contributed by atoms with Crippen LogP contribution in [0.15, 0.2) is 0 Å². The fourth-order valence-corrected chi connectivity index (χ4v) is 0.754. The van der Waals surface area contributed by atoms with Crippen molar-refractivity contribution in [1.82, 2.24) is 0 Å². The van der Waals surface area contributed by atoms with Gasteiger partial charge in [0.05, 0.1) is 11.5 Å². The van der Waals surface area contributed by atoms with Gasteiger partial charge in [-0.25, -0.2) is 0 Å². The SMILES string of the molecule is CC(C)C(=O)O.CC(C)C(C)(O)C(C)CO. The molecule has 0 aromatic rings. The van der Waals surface area contributed by atoms with E-state index in [1.165, 1.54) is 0 Å². The van der Waals surface area contributed by atoms with Crippen LogP contribution in [-0.2, 0) is 4.79 Å². The van der Waals surface area contributed by atoms with Gasteiger partial charge in [-0.05, 0) is 12.8 Å². The summed E-state index contributed by atoms with van der Waals surface area (Å²) in [7, 11) is 0. The topological polar surface area (TPSA) is 77.8 Å². The highest BCUT2D eigenvalue weighted by molar-refractivity contribution is 5.68. The third-order valence-corrected chi connectivity index (χ3v) is 2.93. The van der Waals surface area contributed by atoms with Gasteiger partial charge in [-0.2, -0.15) is 0 Å². The minimum Gasteiger partial charge on any atom is -0.481 e. The van der Waals surface area contributed by atoms with Crippen LogP contribution in [0, 0.1) is 17.8 Å². The van der Waals surface area contributed by atoms with Crippen molar-refractivity contribution >= 4 is 5.97 Å². The van der Waals surface area contributed by atoms with E-state index in [9.17, 15) is 9.90 Å². The molecule has 0 aromatic heterocycles. The van der Waals surface area contributed by atoms with Crippen molar-refractivity contribution in [2.45, 2.75) is 47.1 Å². The average Bonchev–Trinajstić information content (AvgIpc) is 2.16. The van der Waals surface area contributed by atoms with Crippen LogP contribution in [0.5, 0.6) is 0 Å². The number of rotatable bonds is 4. The summed E-state index contributed by atoms with van der Waals surface area (Å²) in [4.78, 5) is 9.70. The van der Waals surface area contributed by atoms with E-state index in [0.717, 1.165) is 0 Å². The molecular formula is C12H26O4. The number of carbonyl (C=O) groups is 1. The fourth-order valence-electron chi connectivity index (χ4n) is 0.754. The van der Waals surface area contributed by atoms with Crippen LogP contribution >= 0.6 is 0 Å². The summed E-state index contributed by atoms with van der Waals surface area (Å²) in [6.45, 7) is 10.8. The summed E-state index contributed by atoms with van der Waals surface area (Å²) in [5.74, 6) is -0.831. The molecule has 0 aliphatic heterocycles. The van der Waals surface area contributed by atoms with Crippen LogP contribution in [0.25, 0.3) is 0 Å². The largest absolute Gasteiger partial charge is 0.481 e. The Morgan fingerprint density at radius 3 is 1.56 bits per heavy atom. The molecular weight excluding hydrogens is 208 g/mol. The van der Waals surface area contributed by atoms with E-state index in [1.54, 1.807) is 20.8 Å². The highest BCUT2D eigenvalue weighted by Crippen LogP contribution is 2.24. The van der Waals surface area contributed by atoms with Gasteiger partial charge in [0.2, 0.25) is 0 Å². The number of carboxylic acids is 1. The smallest absolute Gasteiger partial charge is 0.305 e. The summed E-state index contributed by atoms with van der Waals surface area (Å²) in [6.07, 6.45) is 0. The first-order chi connectivity index (χ1) is 7.07. The Morgan fingerprint density at radius 2 is 1.50 bits per heavy atom. The lowest BCUT2D eigenvalue weighted by Gasteiger charge is -2.32. The van der Waals surface area contributed by atoms with Crippen LogP contribution < -0.4 is 0 Å². The number of hydrogen-bond acceptors (Lipinski definition) is 3. The monoisotopic (exact) mass is 234 g/mol. The molecule has 0 amide bonds. The number of carboxylic acid groups (broad SMARTS) is 1. The predicted molar refractivity (Wildman–Crippen MR) is 64.2 cm³/mol. The second-order valence-corrected chi connectivity index (χ2v) is 4.96. The van der Waals surface area contributed by atoms with Gasteiger partial charge in [-0.3, -0.25) is 4.79 Å². The first kappa shape index (κ1) is 17.8. The van der Waals surface area contributed by atoms with Gasteiger partial charge in [-0.15, -0.1) is 0 Å². The number of aliphatic carboxylic acids is 1. The van der Waals surface area contributed by atoms with E-state index < -0.39 is 11.6 Å². The minimum absolute atomic E-state index is 0.0468. The summed E-state index contributed by atoms with van der Waals surface area (Å²) in [6, 6.07) is 0. The van der Waals surface area contributed by atoms with Crippen molar-refractivity contribution in [3.8, 4) is 0 Å². The van der Waals surface area contributed by atoms with Gasteiger partial charge >= 0.3 is 5.97 Å². The zero-order chi connectivity index (χ0) is 13.5. The lowest BCUT2D eigenvalue weighted by atomic mass is 9.82. The lowest BCUT2D eigenvalue weighted by Crippen LogP contribution is -2.40. The van der Waals surface area contributed by atoms with Gasteiger partial charge < -0.3 is 15.3 Å². The van der Waals surface area contributed by atoms with Crippen molar-refractivity contribution in [3.05, 3.63) is 0 Å². The molecule has 0 heterocycles. The molecule has 0 rings (SSSR count). The quantitative estimate of drug-likeness (QED) is 0.692. The molecule has 0 aromatic carbocycles. The predicted octanol–water partition coefficient (Wildman–Crippen LogP) is 1.75. The Morgan fingerprint density at radius 1 is 1.19 bits per heavy atom. The maximum atomic E-state index is 9.70. The Labute approximate surface area is 98.3 Å². The standard InChI is InChI=1S/C8H18O2.C4H8O2/c1-6(2)8(4,10)7(3)5-9;1-3(2)4(5)6/h6-7,9-10H,5H2,1-4H3;3H,1-2H3,(H,5,6). The van der Waals surface area contributed by atoms with Crippen LogP contribution in [0.3, 0.4) is 0 Å². The van der Waals surface area contributed by atoms with E-state index in [0.29, 0.717) is 0 Å². The third-order valence-electron chi connectivity index (χ3n) is 2.93. The molecule has 0 fully saturated rings. The molecule has 4 heteroatoms. The first-order valence-corrected chi connectivity index (χ1v) is 5.63. The third kappa shape index (κ3) is 6.80. The van der Waals surface area contributed by atoms with Crippen molar-refractivity contribution < 1.29 is 20.1 Å². The van der Waals surface area contributed by atoms with Crippen molar-refractivity contribution in [2.24, 2.45) is 17.8 Å².